The second kappa shape index (κ2) is 6.90. The first kappa shape index (κ1) is 13.6. The average Bonchev–Trinajstić information content (AvgIpc) is 2.90. The predicted molar refractivity (Wildman–Crippen MR) is 75.6 cm³/mol. The fraction of sp³-hybridized carbons (Fsp3) is 0.643. The summed E-state index contributed by atoms with van der Waals surface area (Å²) in [6.45, 7) is 2.70. The van der Waals surface area contributed by atoms with Crippen LogP contribution in [0.4, 0.5) is 0 Å². The van der Waals surface area contributed by atoms with E-state index in [0.717, 1.165) is 19.4 Å². The lowest BCUT2D eigenvalue weighted by Crippen LogP contribution is -2.46. The highest BCUT2D eigenvalue weighted by Gasteiger charge is 2.19. The number of amides is 1. The fourth-order valence-electron chi connectivity index (χ4n) is 2.33. The van der Waals surface area contributed by atoms with Gasteiger partial charge in [0.2, 0.25) is 5.91 Å². The highest BCUT2D eigenvalue weighted by Crippen LogP contribution is 2.17. The predicted octanol–water partition coefficient (Wildman–Crippen LogP) is 2.68. The lowest BCUT2D eigenvalue weighted by Gasteiger charge is -2.24. The summed E-state index contributed by atoms with van der Waals surface area (Å²) in [4.78, 5) is 12.0. The van der Waals surface area contributed by atoms with Crippen LogP contribution < -0.4 is 10.6 Å². The third kappa shape index (κ3) is 4.10. The lowest BCUT2D eigenvalue weighted by molar-refractivity contribution is -0.123. The van der Waals surface area contributed by atoms with E-state index in [1.807, 2.05) is 6.92 Å². The van der Waals surface area contributed by atoms with Crippen molar-refractivity contribution in [1.82, 2.24) is 10.6 Å². The third-order valence-corrected chi connectivity index (χ3v) is 4.27. The van der Waals surface area contributed by atoms with Crippen LogP contribution in [0.1, 0.15) is 44.6 Å². The molecule has 0 radical (unpaired) electrons. The van der Waals surface area contributed by atoms with Gasteiger partial charge in [0.1, 0.15) is 0 Å². The Morgan fingerprint density at radius 2 is 2.22 bits per heavy atom. The van der Waals surface area contributed by atoms with Crippen molar-refractivity contribution in [1.29, 1.82) is 0 Å². The molecule has 1 aliphatic carbocycles. The first-order valence-corrected chi connectivity index (χ1v) is 7.75. The summed E-state index contributed by atoms with van der Waals surface area (Å²) in [6, 6.07) is 2.37. The van der Waals surface area contributed by atoms with Gasteiger partial charge in [0.25, 0.3) is 0 Å². The van der Waals surface area contributed by atoms with Crippen LogP contribution in [0.5, 0.6) is 0 Å². The zero-order valence-corrected chi connectivity index (χ0v) is 11.8. The van der Waals surface area contributed by atoms with Gasteiger partial charge < -0.3 is 10.6 Å². The Bertz CT molecular complexity index is 358. The van der Waals surface area contributed by atoms with Crippen molar-refractivity contribution in [3.05, 3.63) is 22.4 Å². The maximum absolute atomic E-state index is 12.0. The number of hydrogen-bond acceptors (Lipinski definition) is 3. The van der Waals surface area contributed by atoms with Crippen LogP contribution in [0.15, 0.2) is 16.8 Å². The van der Waals surface area contributed by atoms with Crippen LogP contribution in [-0.4, -0.2) is 18.0 Å². The molecule has 1 saturated carbocycles. The molecule has 2 rings (SSSR count). The van der Waals surface area contributed by atoms with Gasteiger partial charge in [0.15, 0.2) is 0 Å². The van der Waals surface area contributed by atoms with Gasteiger partial charge in [-0.25, -0.2) is 0 Å². The highest BCUT2D eigenvalue weighted by molar-refractivity contribution is 7.07. The zero-order chi connectivity index (χ0) is 12.8. The molecule has 1 aromatic heterocycles. The Hall–Kier alpha value is -0.870. The molecular weight excluding hydrogens is 244 g/mol. The van der Waals surface area contributed by atoms with Crippen LogP contribution in [-0.2, 0) is 11.3 Å². The van der Waals surface area contributed by atoms with Gasteiger partial charge in [-0.05, 0) is 42.2 Å². The van der Waals surface area contributed by atoms with Crippen molar-refractivity contribution >= 4 is 17.2 Å². The smallest absolute Gasteiger partial charge is 0.237 e. The molecule has 1 fully saturated rings. The number of nitrogens with one attached hydrogen (secondary N) is 2. The molecule has 1 heterocycles. The lowest BCUT2D eigenvalue weighted by atomic mass is 9.95. The summed E-state index contributed by atoms with van der Waals surface area (Å²) >= 11 is 1.69. The normalized spacial score (nSPS) is 18.5. The SMILES string of the molecule is CC(NCc1ccsc1)C(=O)NC1CCCCC1. The molecule has 0 aliphatic heterocycles. The largest absolute Gasteiger partial charge is 0.352 e. The van der Waals surface area contributed by atoms with E-state index in [4.69, 9.17) is 0 Å². The number of rotatable bonds is 5. The van der Waals surface area contributed by atoms with Crippen molar-refractivity contribution in [2.24, 2.45) is 0 Å². The molecule has 1 atom stereocenters. The van der Waals surface area contributed by atoms with Crippen molar-refractivity contribution in [3.8, 4) is 0 Å². The maximum Gasteiger partial charge on any atom is 0.237 e. The van der Waals surface area contributed by atoms with Gasteiger partial charge in [-0.1, -0.05) is 19.3 Å². The van der Waals surface area contributed by atoms with Gasteiger partial charge in [0.05, 0.1) is 6.04 Å². The molecule has 0 saturated heterocycles. The van der Waals surface area contributed by atoms with Crippen LogP contribution in [0, 0.1) is 0 Å². The first-order valence-electron chi connectivity index (χ1n) is 6.80. The average molecular weight is 266 g/mol. The molecule has 1 amide bonds. The quantitative estimate of drug-likeness (QED) is 0.860. The molecular formula is C14H22N2OS. The van der Waals surface area contributed by atoms with E-state index in [1.54, 1.807) is 11.3 Å². The third-order valence-electron chi connectivity index (χ3n) is 3.54. The van der Waals surface area contributed by atoms with Crippen LogP contribution in [0.3, 0.4) is 0 Å². The topological polar surface area (TPSA) is 41.1 Å². The zero-order valence-electron chi connectivity index (χ0n) is 10.9. The molecule has 0 aromatic carbocycles. The molecule has 1 unspecified atom stereocenters. The van der Waals surface area contributed by atoms with Gasteiger partial charge in [-0.2, -0.15) is 11.3 Å². The van der Waals surface area contributed by atoms with E-state index in [1.165, 1.54) is 24.8 Å². The molecule has 0 spiro atoms. The van der Waals surface area contributed by atoms with E-state index in [9.17, 15) is 4.79 Å². The minimum Gasteiger partial charge on any atom is -0.352 e. The Kier molecular flexibility index (Phi) is 5.20. The minimum atomic E-state index is -0.119. The standard InChI is InChI=1S/C14H22N2OS/c1-11(15-9-12-7-8-18-10-12)14(17)16-13-5-3-2-4-6-13/h7-8,10-11,13,15H,2-6,9H2,1H3,(H,16,17). The highest BCUT2D eigenvalue weighted by atomic mass is 32.1. The summed E-state index contributed by atoms with van der Waals surface area (Å²) in [5.41, 5.74) is 1.25. The molecule has 3 nitrogen and oxygen atoms in total. The second-order valence-corrected chi connectivity index (χ2v) is 5.86. The van der Waals surface area contributed by atoms with Crippen molar-refractivity contribution in [2.75, 3.05) is 0 Å². The van der Waals surface area contributed by atoms with Crippen molar-refractivity contribution < 1.29 is 4.79 Å². The monoisotopic (exact) mass is 266 g/mol. The summed E-state index contributed by atoms with van der Waals surface area (Å²) in [6.07, 6.45) is 6.10. The van der Waals surface area contributed by atoms with Crippen LogP contribution in [0.25, 0.3) is 0 Å². The molecule has 1 aliphatic rings. The van der Waals surface area contributed by atoms with E-state index in [0.29, 0.717) is 6.04 Å². The summed E-state index contributed by atoms with van der Waals surface area (Å²) < 4.78 is 0. The fourth-order valence-corrected chi connectivity index (χ4v) is 3.00. The number of hydrogen-bond donors (Lipinski definition) is 2. The Labute approximate surface area is 113 Å². The Morgan fingerprint density at radius 3 is 2.89 bits per heavy atom. The molecule has 1 aromatic rings. The van der Waals surface area contributed by atoms with E-state index in [-0.39, 0.29) is 11.9 Å². The van der Waals surface area contributed by atoms with Gasteiger partial charge in [-0.3, -0.25) is 4.79 Å². The summed E-state index contributed by atoms with van der Waals surface area (Å²) in [7, 11) is 0. The minimum absolute atomic E-state index is 0.119. The van der Waals surface area contributed by atoms with Gasteiger partial charge in [0, 0.05) is 12.6 Å². The van der Waals surface area contributed by atoms with Gasteiger partial charge >= 0.3 is 0 Å². The first-order chi connectivity index (χ1) is 8.75. The Balaban J connectivity index is 1.70. The number of carbonyl (C=O) groups excluding carboxylic acids is 1. The van der Waals surface area contributed by atoms with Crippen molar-refractivity contribution in [3.63, 3.8) is 0 Å². The molecule has 0 bridgehead atoms. The Morgan fingerprint density at radius 1 is 1.44 bits per heavy atom. The summed E-state index contributed by atoms with van der Waals surface area (Å²) in [5.74, 6) is 0.136. The number of carbonyl (C=O) groups is 1. The molecule has 18 heavy (non-hydrogen) atoms. The molecule has 100 valence electrons. The second-order valence-electron chi connectivity index (χ2n) is 5.08. The van der Waals surface area contributed by atoms with E-state index >= 15 is 0 Å². The van der Waals surface area contributed by atoms with E-state index < -0.39 is 0 Å². The molecule has 4 heteroatoms. The maximum atomic E-state index is 12.0. The van der Waals surface area contributed by atoms with E-state index in [2.05, 4.69) is 27.5 Å². The van der Waals surface area contributed by atoms with Crippen LogP contribution >= 0.6 is 11.3 Å². The summed E-state index contributed by atoms with van der Waals surface area (Å²) in [5, 5.41) is 10.6. The van der Waals surface area contributed by atoms with Crippen molar-refractivity contribution in [2.45, 2.75) is 57.7 Å². The van der Waals surface area contributed by atoms with Crippen LogP contribution in [0.2, 0.25) is 0 Å². The molecule has 2 N–H and O–H groups in total. The van der Waals surface area contributed by atoms with Gasteiger partial charge in [-0.15, -0.1) is 0 Å². The number of thiophene rings is 1.